The Bertz CT molecular complexity index is 1430. The molecule has 11 heteroatoms. The molecule has 3 heterocycles. The monoisotopic (exact) mass is 468 g/mol. The molecular weight excluding hydrogens is 444 g/mol. The van der Waals surface area contributed by atoms with Gasteiger partial charge in [-0.25, -0.2) is 18.1 Å². The average Bonchev–Trinajstić information content (AvgIpc) is 3.42. The van der Waals surface area contributed by atoms with E-state index in [0.717, 1.165) is 30.2 Å². The number of anilines is 1. The molecule has 0 radical (unpaired) electrons. The third kappa shape index (κ3) is 3.53. The fourth-order valence-corrected chi connectivity index (χ4v) is 5.22. The molecule has 1 aromatic carbocycles. The van der Waals surface area contributed by atoms with Gasteiger partial charge in [0.2, 0.25) is 0 Å². The van der Waals surface area contributed by atoms with Gasteiger partial charge in [0.25, 0.3) is 10.0 Å². The highest BCUT2D eigenvalue weighted by atomic mass is 32.2. The van der Waals surface area contributed by atoms with E-state index in [1.807, 2.05) is 18.2 Å². The summed E-state index contributed by atoms with van der Waals surface area (Å²) < 4.78 is 43.3. The number of ether oxygens (including phenoxy) is 2. The SMILES string of the molecule is COc1ccc2cnn(C)c2c1NS(=O)(=O)c1cnn(-c2cc(C3(OC)CCC3)ccn2)c1. The summed E-state index contributed by atoms with van der Waals surface area (Å²) >= 11 is 0. The lowest BCUT2D eigenvalue weighted by Crippen LogP contribution is -2.36. The second-order valence-corrected chi connectivity index (χ2v) is 9.71. The molecule has 5 rings (SSSR count). The zero-order valence-electron chi connectivity index (χ0n) is 18.5. The first-order valence-corrected chi connectivity index (χ1v) is 11.9. The lowest BCUT2D eigenvalue weighted by atomic mass is 9.75. The Labute approximate surface area is 191 Å². The van der Waals surface area contributed by atoms with Crippen LogP contribution in [-0.2, 0) is 27.4 Å². The number of pyridine rings is 1. The summed E-state index contributed by atoms with van der Waals surface area (Å²) in [5.74, 6) is 0.908. The van der Waals surface area contributed by atoms with Crippen molar-refractivity contribution in [3.63, 3.8) is 0 Å². The molecular formula is C22H24N6O4S. The van der Waals surface area contributed by atoms with Gasteiger partial charge in [-0.1, -0.05) is 0 Å². The number of nitrogens with zero attached hydrogens (tertiary/aromatic N) is 5. The molecule has 1 saturated carbocycles. The van der Waals surface area contributed by atoms with Crippen molar-refractivity contribution in [2.24, 2.45) is 7.05 Å². The fraction of sp³-hybridized carbons (Fsp3) is 0.318. The Kier molecular flexibility index (Phi) is 5.09. The fourth-order valence-electron chi connectivity index (χ4n) is 4.22. The highest BCUT2D eigenvalue weighted by Gasteiger charge is 2.39. The molecule has 3 aromatic heterocycles. The van der Waals surface area contributed by atoms with Gasteiger partial charge >= 0.3 is 0 Å². The summed E-state index contributed by atoms with van der Waals surface area (Å²) in [7, 11) is 0.974. The first-order chi connectivity index (χ1) is 15.9. The standard InChI is InChI=1S/C22H24N6O4S/c1-27-21-15(12-24-27)5-6-18(31-2)20(21)26-33(29,30)17-13-25-28(14-17)19-11-16(7-10-23-19)22(32-3)8-4-9-22/h5-7,10-14,26H,4,8-9H2,1-3H3. The Morgan fingerprint density at radius 3 is 2.64 bits per heavy atom. The van der Waals surface area contributed by atoms with Crippen LogP contribution in [0, 0.1) is 0 Å². The van der Waals surface area contributed by atoms with Crippen molar-refractivity contribution in [1.29, 1.82) is 0 Å². The Morgan fingerprint density at radius 1 is 1.12 bits per heavy atom. The first-order valence-electron chi connectivity index (χ1n) is 10.5. The summed E-state index contributed by atoms with van der Waals surface area (Å²) in [5.41, 5.74) is 1.63. The van der Waals surface area contributed by atoms with Gasteiger partial charge in [0.05, 0.1) is 36.8 Å². The minimum atomic E-state index is -3.96. The number of sulfonamides is 1. The molecule has 33 heavy (non-hydrogen) atoms. The third-order valence-electron chi connectivity index (χ3n) is 6.25. The largest absolute Gasteiger partial charge is 0.494 e. The van der Waals surface area contributed by atoms with Gasteiger partial charge in [0.15, 0.2) is 5.82 Å². The van der Waals surface area contributed by atoms with Gasteiger partial charge in [0.1, 0.15) is 16.3 Å². The predicted molar refractivity (Wildman–Crippen MR) is 122 cm³/mol. The highest BCUT2D eigenvalue weighted by molar-refractivity contribution is 7.92. The number of methoxy groups -OCH3 is 2. The Balaban J connectivity index is 1.49. The van der Waals surface area contributed by atoms with Crippen LogP contribution >= 0.6 is 0 Å². The molecule has 1 fully saturated rings. The van der Waals surface area contributed by atoms with Crippen LogP contribution in [0.2, 0.25) is 0 Å². The van der Waals surface area contributed by atoms with Crippen molar-refractivity contribution < 1.29 is 17.9 Å². The molecule has 10 nitrogen and oxygen atoms in total. The third-order valence-corrected chi connectivity index (χ3v) is 7.55. The maximum atomic E-state index is 13.2. The molecule has 4 aromatic rings. The molecule has 1 aliphatic carbocycles. The van der Waals surface area contributed by atoms with Crippen molar-refractivity contribution in [2.75, 3.05) is 18.9 Å². The number of hydrogen-bond acceptors (Lipinski definition) is 7. The van der Waals surface area contributed by atoms with Gasteiger partial charge in [-0.3, -0.25) is 9.40 Å². The van der Waals surface area contributed by atoms with E-state index < -0.39 is 10.0 Å². The first kappa shape index (κ1) is 21.4. The van der Waals surface area contributed by atoms with Gasteiger partial charge in [0, 0.05) is 25.7 Å². The normalized spacial score (nSPS) is 15.4. The van der Waals surface area contributed by atoms with Gasteiger partial charge in [-0.15, -0.1) is 0 Å². The van der Waals surface area contributed by atoms with Gasteiger partial charge in [-0.2, -0.15) is 10.2 Å². The maximum Gasteiger partial charge on any atom is 0.265 e. The molecule has 0 aliphatic heterocycles. The minimum Gasteiger partial charge on any atom is -0.494 e. The summed E-state index contributed by atoms with van der Waals surface area (Å²) in [6, 6.07) is 7.34. The van der Waals surface area contributed by atoms with Crippen LogP contribution in [-0.4, -0.2) is 47.2 Å². The quantitative estimate of drug-likeness (QED) is 0.444. The maximum absolute atomic E-state index is 13.2. The number of rotatable bonds is 7. The van der Waals surface area contributed by atoms with Gasteiger partial charge in [-0.05, 0) is 49.1 Å². The number of aromatic nitrogens is 5. The molecule has 0 amide bonds. The van der Waals surface area contributed by atoms with Crippen molar-refractivity contribution >= 4 is 26.6 Å². The van der Waals surface area contributed by atoms with Crippen molar-refractivity contribution in [2.45, 2.75) is 29.8 Å². The van der Waals surface area contributed by atoms with Crippen LogP contribution < -0.4 is 9.46 Å². The molecule has 0 bridgehead atoms. The topological polar surface area (TPSA) is 113 Å². The number of fused-ring (bicyclic) bond motifs is 1. The summed E-state index contributed by atoms with van der Waals surface area (Å²) in [6.07, 6.45) is 9.07. The van der Waals surface area contributed by atoms with Crippen LogP contribution in [0.25, 0.3) is 16.7 Å². The van der Waals surface area contributed by atoms with Crippen LogP contribution in [0.4, 0.5) is 5.69 Å². The Morgan fingerprint density at radius 2 is 1.94 bits per heavy atom. The highest BCUT2D eigenvalue weighted by Crippen LogP contribution is 2.44. The van der Waals surface area contributed by atoms with Crippen molar-refractivity contribution in [3.8, 4) is 11.6 Å². The molecule has 0 spiro atoms. The molecule has 1 aliphatic rings. The van der Waals surface area contributed by atoms with Crippen LogP contribution in [0.3, 0.4) is 0 Å². The summed E-state index contributed by atoms with van der Waals surface area (Å²) in [6.45, 7) is 0. The summed E-state index contributed by atoms with van der Waals surface area (Å²) in [5, 5.41) is 9.25. The van der Waals surface area contributed by atoms with E-state index in [9.17, 15) is 8.42 Å². The zero-order chi connectivity index (χ0) is 23.2. The van der Waals surface area contributed by atoms with Crippen molar-refractivity contribution in [3.05, 3.63) is 54.6 Å². The zero-order valence-corrected chi connectivity index (χ0v) is 19.3. The molecule has 1 N–H and O–H groups in total. The van der Waals surface area contributed by atoms with Crippen LogP contribution in [0.15, 0.2) is 53.9 Å². The number of aryl methyl sites for hydroxylation is 1. The summed E-state index contributed by atoms with van der Waals surface area (Å²) in [4.78, 5) is 4.37. The second-order valence-electron chi connectivity index (χ2n) is 8.03. The smallest absolute Gasteiger partial charge is 0.265 e. The second kappa shape index (κ2) is 7.85. The van der Waals surface area contributed by atoms with E-state index in [-0.39, 0.29) is 10.5 Å². The van der Waals surface area contributed by atoms with E-state index in [0.29, 0.717) is 22.8 Å². The average molecular weight is 469 g/mol. The molecule has 0 unspecified atom stereocenters. The van der Waals surface area contributed by atoms with Crippen LogP contribution in [0.1, 0.15) is 24.8 Å². The molecule has 0 atom stereocenters. The van der Waals surface area contributed by atoms with E-state index in [4.69, 9.17) is 9.47 Å². The minimum absolute atomic E-state index is 0.000950. The van der Waals surface area contributed by atoms with E-state index >= 15 is 0 Å². The lowest BCUT2D eigenvalue weighted by molar-refractivity contribution is -0.0779. The lowest BCUT2D eigenvalue weighted by Gasteiger charge is -2.41. The predicted octanol–water partition coefficient (Wildman–Crippen LogP) is 2.99. The molecule has 0 saturated heterocycles. The van der Waals surface area contributed by atoms with E-state index in [2.05, 4.69) is 19.9 Å². The number of hydrogen-bond donors (Lipinski definition) is 1. The Hall–Kier alpha value is -3.44. The van der Waals surface area contributed by atoms with Gasteiger partial charge < -0.3 is 9.47 Å². The van der Waals surface area contributed by atoms with E-state index in [1.165, 1.54) is 24.2 Å². The van der Waals surface area contributed by atoms with Crippen molar-refractivity contribution in [1.82, 2.24) is 24.5 Å². The van der Waals surface area contributed by atoms with Crippen LogP contribution in [0.5, 0.6) is 5.75 Å². The molecule has 172 valence electrons. The van der Waals surface area contributed by atoms with E-state index in [1.54, 1.807) is 37.3 Å². The number of benzene rings is 1. The number of nitrogens with one attached hydrogen (secondary N) is 1.